The molecule has 0 aromatic carbocycles. The second-order valence-electron chi connectivity index (χ2n) is 3.05. The molecule has 0 aromatic heterocycles. The number of hydrogen-bond acceptors (Lipinski definition) is 1. The fraction of sp³-hybridized carbons (Fsp3) is 0.750. The number of fused-ring (bicyclic) bond motifs is 2. The smallest absolute Gasteiger partial charge is 0.0113 e. The minimum atomic E-state index is 0.935. The van der Waals surface area contributed by atoms with E-state index in [4.69, 9.17) is 0 Å². The second kappa shape index (κ2) is 2.05. The molecule has 3 unspecified atom stereocenters. The number of rotatable bonds is 1. The predicted octanol–water partition coefficient (Wildman–Crippen LogP) is 2.31. The summed E-state index contributed by atoms with van der Waals surface area (Å²) in [6.45, 7) is 0. The van der Waals surface area contributed by atoms with Gasteiger partial charge in [-0.3, -0.25) is 0 Å². The molecule has 1 heteroatoms. The predicted molar refractivity (Wildman–Crippen MR) is 42.7 cm³/mol. The molecule has 0 N–H and O–H groups in total. The average molecular weight is 140 g/mol. The largest absolute Gasteiger partial charge is 0.161 e. The van der Waals surface area contributed by atoms with Gasteiger partial charge in [-0.25, -0.2) is 0 Å². The molecule has 0 spiro atoms. The van der Waals surface area contributed by atoms with Crippen LogP contribution < -0.4 is 0 Å². The first kappa shape index (κ1) is 5.84. The molecule has 1 fully saturated rings. The van der Waals surface area contributed by atoms with Gasteiger partial charge in [0.25, 0.3) is 0 Å². The van der Waals surface area contributed by atoms with Crippen LogP contribution in [0.1, 0.15) is 12.8 Å². The molecule has 0 nitrogen and oxygen atoms in total. The van der Waals surface area contributed by atoms with E-state index < -0.39 is 0 Å². The maximum absolute atomic E-state index is 2.41. The summed E-state index contributed by atoms with van der Waals surface area (Å²) in [5, 5.41) is 0.958. The standard InChI is InChI=1S/C8H12S/c1-9-8-5-6-2-3-7(8)4-6/h2-3,6-8H,4-5H2,1H3. The van der Waals surface area contributed by atoms with Crippen molar-refractivity contribution in [1.29, 1.82) is 0 Å². The van der Waals surface area contributed by atoms with E-state index in [0.717, 1.165) is 17.1 Å². The Morgan fingerprint density at radius 3 is 2.56 bits per heavy atom. The molecule has 3 atom stereocenters. The third kappa shape index (κ3) is 0.823. The highest BCUT2D eigenvalue weighted by Crippen LogP contribution is 2.43. The average Bonchev–Trinajstić information content (AvgIpc) is 2.45. The van der Waals surface area contributed by atoms with Gasteiger partial charge in [0.15, 0.2) is 0 Å². The Morgan fingerprint density at radius 1 is 1.33 bits per heavy atom. The van der Waals surface area contributed by atoms with Crippen molar-refractivity contribution >= 4 is 11.8 Å². The zero-order valence-electron chi connectivity index (χ0n) is 5.71. The zero-order chi connectivity index (χ0) is 6.27. The highest BCUT2D eigenvalue weighted by atomic mass is 32.2. The monoisotopic (exact) mass is 140 g/mol. The molecule has 2 rings (SSSR count). The van der Waals surface area contributed by atoms with Crippen LogP contribution in [0.4, 0.5) is 0 Å². The van der Waals surface area contributed by atoms with Crippen molar-refractivity contribution < 1.29 is 0 Å². The molecule has 2 bridgehead atoms. The van der Waals surface area contributed by atoms with Crippen molar-refractivity contribution in [3.63, 3.8) is 0 Å². The van der Waals surface area contributed by atoms with Gasteiger partial charge in [0.05, 0.1) is 0 Å². The molecule has 0 heterocycles. The van der Waals surface area contributed by atoms with Crippen molar-refractivity contribution in [1.82, 2.24) is 0 Å². The van der Waals surface area contributed by atoms with Crippen molar-refractivity contribution in [2.75, 3.05) is 6.26 Å². The fourth-order valence-electron chi connectivity index (χ4n) is 2.00. The Kier molecular flexibility index (Phi) is 1.33. The Morgan fingerprint density at radius 2 is 2.22 bits per heavy atom. The number of allylic oxidation sites excluding steroid dienone is 2. The Labute approximate surface area is 60.7 Å². The third-order valence-electron chi connectivity index (χ3n) is 2.52. The SMILES string of the molecule is CSC1CC2C=CC1C2. The van der Waals surface area contributed by atoms with Crippen LogP contribution in [0, 0.1) is 11.8 Å². The highest BCUT2D eigenvalue weighted by Gasteiger charge is 2.34. The van der Waals surface area contributed by atoms with Gasteiger partial charge in [-0.1, -0.05) is 12.2 Å². The van der Waals surface area contributed by atoms with Crippen LogP contribution in [-0.4, -0.2) is 11.5 Å². The van der Waals surface area contributed by atoms with Gasteiger partial charge in [-0.2, -0.15) is 11.8 Å². The van der Waals surface area contributed by atoms with Gasteiger partial charge in [0, 0.05) is 5.25 Å². The molecular formula is C8H12S. The van der Waals surface area contributed by atoms with E-state index in [1.165, 1.54) is 12.8 Å². The molecule has 0 saturated heterocycles. The van der Waals surface area contributed by atoms with Crippen LogP contribution in [0.25, 0.3) is 0 Å². The van der Waals surface area contributed by atoms with Gasteiger partial charge < -0.3 is 0 Å². The van der Waals surface area contributed by atoms with E-state index in [2.05, 4.69) is 18.4 Å². The normalized spacial score (nSPS) is 46.6. The summed E-state index contributed by atoms with van der Waals surface area (Å²) >= 11 is 2.04. The molecule has 1 saturated carbocycles. The molecule has 50 valence electrons. The van der Waals surface area contributed by atoms with Crippen LogP contribution in [0.5, 0.6) is 0 Å². The zero-order valence-corrected chi connectivity index (χ0v) is 6.53. The maximum Gasteiger partial charge on any atom is 0.0113 e. The van der Waals surface area contributed by atoms with E-state index in [0.29, 0.717) is 0 Å². The van der Waals surface area contributed by atoms with E-state index in [-0.39, 0.29) is 0 Å². The van der Waals surface area contributed by atoms with E-state index in [9.17, 15) is 0 Å². The second-order valence-corrected chi connectivity index (χ2v) is 4.13. The van der Waals surface area contributed by atoms with Crippen molar-refractivity contribution in [2.24, 2.45) is 11.8 Å². The molecule has 2 aliphatic rings. The summed E-state index contributed by atoms with van der Waals surface area (Å²) in [6, 6.07) is 0. The minimum absolute atomic E-state index is 0.935. The summed E-state index contributed by atoms with van der Waals surface area (Å²) in [5.74, 6) is 1.89. The van der Waals surface area contributed by atoms with Gasteiger partial charge in [0.2, 0.25) is 0 Å². The topological polar surface area (TPSA) is 0 Å². The summed E-state index contributed by atoms with van der Waals surface area (Å²) in [4.78, 5) is 0. The number of thioether (sulfide) groups is 1. The first-order valence-corrected chi connectivity index (χ1v) is 4.90. The van der Waals surface area contributed by atoms with Crippen LogP contribution in [0.3, 0.4) is 0 Å². The Bertz CT molecular complexity index is 140. The lowest BCUT2D eigenvalue weighted by Crippen LogP contribution is -2.07. The molecule has 0 amide bonds. The molecular weight excluding hydrogens is 128 g/mol. The molecule has 0 aliphatic heterocycles. The summed E-state index contributed by atoms with van der Waals surface area (Å²) in [7, 11) is 0. The maximum atomic E-state index is 2.41. The first-order chi connectivity index (χ1) is 4.40. The first-order valence-electron chi connectivity index (χ1n) is 3.61. The van der Waals surface area contributed by atoms with Gasteiger partial charge in [-0.15, -0.1) is 0 Å². The molecule has 2 aliphatic carbocycles. The van der Waals surface area contributed by atoms with Crippen LogP contribution in [0.2, 0.25) is 0 Å². The summed E-state index contributed by atoms with van der Waals surface area (Å²) in [6.07, 6.45) is 9.94. The fourth-order valence-corrected chi connectivity index (χ4v) is 2.99. The minimum Gasteiger partial charge on any atom is -0.161 e. The van der Waals surface area contributed by atoms with E-state index in [1.54, 1.807) is 0 Å². The molecule has 0 radical (unpaired) electrons. The summed E-state index contributed by atoms with van der Waals surface area (Å²) < 4.78 is 0. The summed E-state index contributed by atoms with van der Waals surface area (Å²) in [5.41, 5.74) is 0. The lowest BCUT2D eigenvalue weighted by Gasteiger charge is -2.13. The quantitative estimate of drug-likeness (QED) is 0.504. The van der Waals surface area contributed by atoms with Crippen molar-refractivity contribution in [2.45, 2.75) is 18.1 Å². The van der Waals surface area contributed by atoms with E-state index >= 15 is 0 Å². The van der Waals surface area contributed by atoms with Gasteiger partial charge in [0.1, 0.15) is 0 Å². The Hall–Kier alpha value is 0.0900. The third-order valence-corrected chi connectivity index (χ3v) is 3.67. The van der Waals surface area contributed by atoms with Crippen LogP contribution in [-0.2, 0) is 0 Å². The number of hydrogen-bond donors (Lipinski definition) is 0. The molecule has 0 aromatic rings. The Balaban J connectivity index is 2.10. The lowest BCUT2D eigenvalue weighted by molar-refractivity contribution is 0.692. The lowest BCUT2D eigenvalue weighted by atomic mass is 10.1. The van der Waals surface area contributed by atoms with Gasteiger partial charge in [-0.05, 0) is 30.9 Å². The van der Waals surface area contributed by atoms with Crippen molar-refractivity contribution in [3.8, 4) is 0 Å². The molecule has 9 heavy (non-hydrogen) atoms. The van der Waals surface area contributed by atoms with Crippen LogP contribution in [0.15, 0.2) is 12.2 Å². The highest BCUT2D eigenvalue weighted by molar-refractivity contribution is 7.99. The van der Waals surface area contributed by atoms with E-state index in [1.807, 2.05) is 11.8 Å². The van der Waals surface area contributed by atoms with Gasteiger partial charge >= 0.3 is 0 Å². The van der Waals surface area contributed by atoms with Crippen LogP contribution >= 0.6 is 11.8 Å². The van der Waals surface area contributed by atoms with Crippen molar-refractivity contribution in [3.05, 3.63) is 12.2 Å².